The van der Waals surface area contributed by atoms with Crippen LogP contribution in [0.1, 0.15) is 20.7 Å². The molecule has 0 saturated heterocycles. The Morgan fingerprint density at radius 2 is 1.72 bits per heavy atom. The maximum Gasteiger partial charge on any atom is 0.340 e. The van der Waals surface area contributed by atoms with Crippen LogP contribution in [0.3, 0.4) is 0 Å². The van der Waals surface area contributed by atoms with E-state index >= 15 is 0 Å². The van der Waals surface area contributed by atoms with E-state index in [0.29, 0.717) is 0 Å². The molecule has 0 heterocycles. The Bertz CT molecular complexity index is 830. The largest absolute Gasteiger partial charge is 0.452 e. The fourth-order valence-electron chi connectivity index (χ4n) is 1.74. The highest BCUT2D eigenvalue weighted by atomic mass is 35.5. The smallest absolute Gasteiger partial charge is 0.340 e. The number of halogens is 3. The van der Waals surface area contributed by atoms with Gasteiger partial charge in [0.2, 0.25) is 0 Å². The van der Waals surface area contributed by atoms with Gasteiger partial charge in [0.15, 0.2) is 6.61 Å². The number of carbonyl (C=O) groups excluding carboxylic acids is 3. The van der Waals surface area contributed by atoms with Gasteiger partial charge < -0.3 is 4.74 Å². The fourth-order valence-corrected chi connectivity index (χ4v) is 2.10. The minimum Gasteiger partial charge on any atom is -0.452 e. The number of nitrogens with one attached hydrogen (secondary N) is 2. The van der Waals surface area contributed by atoms with E-state index in [1.807, 2.05) is 10.9 Å². The molecule has 0 aliphatic heterocycles. The van der Waals surface area contributed by atoms with Gasteiger partial charge in [-0.3, -0.25) is 20.4 Å². The van der Waals surface area contributed by atoms with Gasteiger partial charge in [0.05, 0.1) is 16.1 Å². The highest BCUT2D eigenvalue weighted by Crippen LogP contribution is 2.21. The predicted molar refractivity (Wildman–Crippen MR) is 88.8 cm³/mol. The average Bonchev–Trinajstić information content (AvgIpc) is 2.60. The van der Waals surface area contributed by atoms with Crippen LogP contribution in [0.4, 0.5) is 4.39 Å². The first kappa shape index (κ1) is 18.7. The number of rotatable bonds is 4. The molecule has 2 amide bonds. The summed E-state index contributed by atoms with van der Waals surface area (Å²) in [6.45, 7) is -0.681. The molecule has 0 fully saturated rings. The second-order valence-corrected chi connectivity index (χ2v) is 5.53. The van der Waals surface area contributed by atoms with Crippen LogP contribution in [0.5, 0.6) is 0 Å². The number of hydrogen-bond acceptors (Lipinski definition) is 4. The summed E-state index contributed by atoms with van der Waals surface area (Å²) in [6, 6.07) is 9.44. The molecule has 0 atom stereocenters. The fraction of sp³-hybridized carbons (Fsp3) is 0.0625. The summed E-state index contributed by atoms with van der Waals surface area (Å²) in [6.07, 6.45) is 0. The Labute approximate surface area is 151 Å². The van der Waals surface area contributed by atoms with Crippen molar-refractivity contribution in [3.8, 4) is 0 Å². The number of hydrazine groups is 1. The van der Waals surface area contributed by atoms with Crippen molar-refractivity contribution < 1.29 is 23.5 Å². The summed E-state index contributed by atoms with van der Waals surface area (Å²) < 4.78 is 18.2. The van der Waals surface area contributed by atoms with Gasteiger partial charge in [0, 0.05) is 5.02 Å². The third-order valence-electron chi connectivity index (χ3n) is 2.92. The second-order valence-electron chi connectivity index (χ2n) is 4.68. The standard InChI is InChI=1S/C16H11Cl2FN2O4/c17-9-5-6-12(18)11(7-9)16(24)25-8-14(22)20-21-15(23)10-3-1-2-4-13(10)19/h1-7H,8H2,(H,20,22)(H,21,23). The summed E-state index contributed by atoms with van der Waals surface area (Å²) in [5.41, 5.74) is 3.76. The summed E-state index contributed by atoms with van der Waals surface area (Å²) in [7, 11) is 0. The van der Waals surface area contributed by atoms with Crippen LogP contribution >= 0.6 is 23.2 Å². The molecule has 2 rings (SSSR count). The number of esters is 1. The third kappa shape index (κ3) is 5.17. The Balaban J connectivity index is 1.85. The van der Waals surface area contributed by atoms with Crippen LogP contribution in [0.25, 0.3) is 0 Å². The van der Waals surface area contributed by atoms with E-state index in [1.165, 1.54) is 36.4 Å². The van der Waals surface area contributed by atoms with Crippen molar-refractivity contribution >= 4 is 41.0 Å². The molecule has 130 valence electrons. The summed E-state index contributed by atoms with van der Waals surface area (Å²) in [5, 5.41) is 0.389. The minimum atomic E-state index is -0.858. The summed E-state index contributed by atoms with van der Waals surface area (Å²) in [5.74, 6) is -3.27. The van der Waals surface area contributed by atoms with E-state index in [2.05, 4.69) is 0 Å². The molecular weight excluding hydrogens is 374 g/mol. The van der Waals surface area contributed by atoms with Crippen molar-refractivity contribution in [3.63, 3.8) is 0 Å². The van der Waals surface area contributed by atoms with Gasteiger partial charge in [-0.05, 0) is 30.3 Å². The molecule has 0 radical (unpaired) electrons. The zero-order chi connectivity index (χ0) is 18.4. The minimum absolute atomic E-state index is 0.00245. The molecule has 0 spiro atoms. The zero-order valence-corrected chi connectivity index (χ0v) is 14.0. The van der Waals surface area contributed by atoms with E-state index in [-0.39, 0.29) is 21.2 Å². The van der Waals surface area contributed by atoms with Crippen LogP contribution in [0.2, 0.25) is 10.0 Å². The lowest BCUT2D eigenvalue weighted by Crippen LogP contribution is -2.43. The van der Waals surface area contributed by atoms with Gasteiger partial charge >= 0.3 is 5.97 Å². The molecule has 0 aromatic heterocycles. The molecule has 9 heteroatoms. The van der Waals surface area contributed by atoms with Crippen molar-refractivity contribution in [2.75, 3.05) is 6.61 Å². The van der Waals surface area contributed by atoms with Gasteiger partial charge in [-0.15, -0.1) is 0 Å². The predicted octanol–water partition coefficient (Wildman–Crippen LogP) is 2.75. The first-order valence-corrected chi connectivity index (χ1v) is 7.60. The first-order valence-electron chi connectivity index (χ1n) is 6.84. The molecule has 0 aliphatic rings. The molecule has 2 N–H and O–H groups in total. The zero-order valence-electron chi connectivity index (χ0n) is 12.5. The lowest BCUT2D eigenvalue weighted by molar-refractivity contribution is -0.125. The van der Waals surface area contributed by atoms with Gasteiger partial charge in [-0.1, -0.05) is 35.3 Å². The molecule has 25 heavy (non-hydrogen) atoms. The lowest BCUT2D eigenvalue weighted by Gasteiger charge is -2.09. The van der Waals surface area contributed by atoms with Crippen LogP contribution in [-0.2, 0) is 9.53 Å². The Kier molecular flexibility index (Phi) is 6.32. The first-order chi connectivity index (χ1) is 11.9. The van der Waals surface area contributed by atoms with Gasteiger partial charge in [0.25, 0.3) is 11.8 Å². The van der Waals surface area contributed by atoms with Crippen molar-refractivity contribution in [3.05, 3.63) is 69.5 Å². The number of amides is 2. The number of carbonyl (C=O) groups is 3. The highest BCUT2D eigenvalue weighted by molar-refractivity contribution is 6.35. The van der Waals surface area contributed by atoms with E-state index in [0.717, 1.165) is 6.07 Å². The molecule has 2 aromatic carbocycles. The van der Waals surface area contributed by atoms with Crippen molar-refractivity contribution in [1.82, 2.24) is 10.9 Å². The number of ether oxygens (including phenoxy) is 1. The number of benzene rings is 2. The maximum absolute atomic E-state index is 13.4. The van der Waals surface area contributed by atoms with Gasteiger partial charge in [-0.2, -0.15) is 0 Å². The van der Waals surface area contributed by atoms with Gasteiger partial charge in [-0.25, -0.2) is 9.18 Å². The van der Waals surface area contributed by atoms with E-state index in [4.69, 9.17) is 27.9 Å². The quantitative estimate of drug-likeness (QED) is 0.626. The molecule has 0 aliphatic carbocycles. The van der Waals surface area contributed by atoms with Crippen molar-refractivity contribution in [2.24, 2.45) is 0 Å². The average molecular weight is 385 g/mol. The molecule has 0 bridgehead atoms. The Morgan fingerprint density at radius 1 is 1.00 bits per heavy atom. The Hall–Kier alpha value is -2.64. The normalized spacial score (nSPS) is 10.0. The SMILES string of the molecule is O=C(COC(=O)c1cc(Cl)ccc1Cl)NNC(=O)c1ccccc1F. The van der Waals surface area contributed by atoms with Crippen LogP contribution in [-0.4, -0.2) is 24.4 Å². The van der Waals surface area contributed by atoms with Crippen molar-refractivity contribution in [2.45, 2.75) is 0 Å². The highest BCUT2D eigenvalue weighted by Gasteiger charge is 2.15. The van der Waals surface area contributed by atoms with Crippen LogP contribution < -0.4 is 10.9 Å². The third-order valence-corrected chi connectivity index (χ3v) is 3.48. The summed E-state index contributed by atoms with van der Waals surface area (Å²) in [4.78, 5) is 35.1. The van der Waals surface area contributed by atoms with Gasteiger partial charge in [0.1, 0.15) is 5.82 Å². The van der Waals surface area contributed by atoms with Crippen LogP contribution in [0.15, 0.2) is 42.5 Å². The Morgan fingerprint density at radius 3 is 2.44 bits per heavy atom. The molecule has 6 nitrogen and oxygen atoms in total. The molecule has 0 saturated carbocycles. The van der Waals surface area contributed by atoms with E-state index < -0.39 is 30.2 Å². The summed E-state index contributed by atoms with van der Waals surface area (Å²) >= 11 is 11.6. The topological polar surface area (TPSA) is 84.5 Å². The monoisotopic (exact) mass is 384 g/mol. The molecule has 2 aromatic rings. The maximum atomic E-state index is 13.4. The lowest BCUT2D eigenvalue weighted by atomic mass is 10.2. The molecule has 0 unspecified atom stereocenters. The van der Waals surface area contributed by atoms with Crippen LogP contribution in [0, 0.1) is 5.82 Å². The second kappa shape index (κ2) is 8.46. The number of hydrogen-bond donors (Lipinski definition) is 2. The molecular formula is C16H11Cl2FN2O4. The van der Waals surface area contributed by atoms with E-state index in [9.17, 15) is 18.8 Å². The van der Waals surface area contributed by atoms with Crippen molar-refractivity contribution in [1.29, 1.82) is 0 Å². The van der Waals surface area contributed by atoms with E-state index in [1.54, 1.807) is 0 Å².